The Bertz CT molecular complexity index is 451. The lowest BCUT2D eigenvalue weighted by Crippen LogP contribution is -2.42. The first-order valence-corrected chi connectivity index (χ1v) is 7.49. The van der Waals surface area contributed by atoms with Crippen LogP contribution in [0.3, 0.4) is 0 Å². The molecule has 6 heteroatoms. The van der Waals surface area contributed by atoms with Crippen molar-refractivity contribution in [3.05, 3.63) is 0 Å². The van der Waals surface area contributed by atoms with Gasteiger partial charge in [0.25, 0.3) is 0 Å². The second-order valence-corrected chi connectivity index (χ2v) is 6.47. The minimum Gasteiger partial charge on any atom is -0.481 e. The van der Waals surface area contributed by atoms with Crippen molar-refractivity contribution in [1.29, 1.82) is 0 Å². The molecule has 0 aromatic heterocycles. The van der Waals surface area contributed by atoms with Gasteiger partial charge in [-0.05, 0) is 25.2 Å². The monoisotopic (exact) mass is 297 g/mol. The van der Waals surface area contributed by atoms with Crippen LogP contribution >= 0.6 is 0 Å². The highest BCUT2D eigenvalue weighted by molar-refractivity contribution is 5.91. The molecule has 1 amide bonds. The van der Waals surface area contributed by atoms with Crippen molar-refractivity contribution < 1.29 is 24.2 Å². The smallest absolute Gasteiger partial charge is 0.309 e. The predicted molar refractivity (Wildman–Crippen MR) is 74.3 cm³/mol. The summed E-state index contributed by atoms with van der Waals surface area (Å²) in [5.74, 6) is -2.35. The fourth-order valence-corrected chi connectivity index (χ4v) is 3.35. The summed E-state index contributed by atoms with van der Waals surface area (Å²) in [6.45, 7) is 6.79. The Hall–Kier alpha value is -1.59. The molecule has 1 heterocycles. The van der Waals surface area contributed by atoms with Crippen LogP contribution in [0.15, 0.2) is 0 Å². The molecule has 1 aliphatic heterocycles. The van der Waals surface area contributed by atoms with Gasteiger partial charge in [-0.2, -0.15) is 0 Å². The molecule has 0 unspecified atom stereocenters. The standard InChI is InChI=1S/C15H23NO5/c1-4-21-14(20)9-5-7-16(8-6-9)12(17)10-11(13(18)19)15(10,2)3/h9-11H,4-8H2,1-3H3,(H,18,19)/t10-,11+/m1/s1. The third kappa shape index (κ3) is 2.89. The molecule has 1 N–H and O–H groups in total. The van der Waals surface area contributed by atoms with Crippen LogP contribution in [0.2, 0.25) is 0 Å². The Kier molecular flexibility index (Phi) is 4.25. The first-order chi connectivity index (χ1) is 9.80. The van der Waals surface area contributed by atoms with E-state index in [9.17, 15) is 14.4 Å². The third-order valence-electron chi connectivity index (χ3n) is 4.79. The van der Waals surface area contributed by atoms with E-state index in [0.717, 1.165) is 0 Å². The number of hydrogen-bond acceptors (Lipinski definition) is 4. The summed E-state index contributed by atoms with van der Waals surface area (Å²) in [4.78, 5) is 37.0. The molecule has 118 valence electrons. The number of carboxylic acids is 1. The van der Waals surface area contributed by atoms with Gasteiger partial charge in [0, 0.05) is 13.1 Å². The topological polar surface area (TPSA) is 83.9 Å². The van der Waals surface area contributed by atoms with Gasteiger partial charge in [0.1, 0.15) is 0 Å². The van der Waals surface area contributed by atoms with E-state index in [-0.39, 0.29) is 17.8 Å². The Balaban J connectivity index is 1.90. The molecule has 1 saturated heterocycles. The fraction of sp³-hybridized carbons (Fsp3) is 0.800. The molecule has 1 saturated carbocycles. The zero-order valence-electron chi connectivity index (χ0n) is 12.8. The number of nitrogens with zero attached hydrogens (tertiary/aromatic N) is 1. The van der Waals surface area contributed by atoms with Crippen LogP contribution in [0.5, 0.6) is 0 Å². The number of carbonyl (C=O) groups is 3. The van der Waals surface area contributed by atoms with Crippen molar-refractivity contribution in [3.63, 3.8) is 0 Å². The maximum atomic E-state index is 12.4. The number of carbonyl (C=O) groups excluding carboxylic acids is 2. The largest absolute Gasteiger partial charge is 0.481 e. The first-order valence-electron chi connectivity index (χ1n) is 7.49. The van der Waals surface area contributed by atoms with Crippen LogP contribution < -0.4 is 0 Å². The molecule has 2 aliphatic rings. The summed E-state index contributed by atoms with van der Waals surface area (Å²) in [5.41, 5.74) is -0.471. The van der Waals surface area contributed by atoms with Crippen molar-refractivity contribution in [1.82, 2.24) is 4.90 Å². The van der Waals surface area contributed by atoms with Gasteiger partial charge in [-0.1, -0.05) is 13.8 Å². The highest BCUT2D eigenvalue weighted by atomic mass is 16.5. The fourth-order valence-electron chi connectivity index (χ4n) is 3.35. The van der Waals surface area contributed by atoms with Gasteiger partial charge in [-0.3, -0.25) is 14.4 Å². The van der Waals surface area contributed by atoms with E-state index in [4.69, 9.17) is 9.84 Å². The second kappa shape index (κ2) is 5.66. The molecule has 2 rings (SSSR count). The summed E-state index contributed by atoms with van der Waals surface area (Å²) in [5, 5.41) is 9.15. The van der Waals surface area contributed by atoms with E-state index in [1.54, 1.807) is 11.8 Å². The lowest BCUT2D eigenvalue weighted by Gasteiger charge is -2.31. The molecule has 21 heavy (non-hydrogen) atoms. The number of amides is 1. The van der Waals surface area contributed by atoms with E-state index in [0.29, 0.717) is 32.5 Å². The van der Waals surface area contributed by atoms with E-state index >= 15 is 0 Å². The van der Waals surface area contributed by atoms with Crippen LogP contribution in [0.4, 0.5) is 0 Å². The molecule has 2 fully saturated rings. The number of piperidine rings is 1. The van der Waals surface area contributed by atoms with Gasteiger partial charge in [0.15, 0.2) is 0 Å². The summed E-state index contributed by atoms with van der Waals surface area (Å²) in [6.07, 6.45) is 1.19. The van der Waals surface area contributed by atoms with Gasteiger partial charge < -0.3 is 14.7 Å². The van der Waals surface area contributed by atoms with Gasteiger partial charge in [0.2, 0.25) is 5.91 Å². The lowest BCUT2D eigenvalue weighted by atomic mass is 9.96. The summed E-state index contributed by atoms with van der Waals surface area (Å²) in [7, 11) is 0. The zero-order valence-corrected chi connectivity index (χ0v) is 12.8. The van der Waals surface area contributed by atoms with Crippen molar-refractivity contribution in [2.24, 2.45) is 23.2 Å². The molecule has 1 aliphatic carbocycles. The predicted octanol–water partition coefficient (Wildman–Crippen LogP) is 1.14. The maximum Gasteiger partial charge on any atom is 0.309 e. The van der Waals surface area contributed by atoms with E-state index < -0.39 is 23.2 Å². The molecule has 2 atom stereocenters. The van der Waals surface area contributed by atoms with Gasteiger partial charge in [-0.15, -0.1) is 0 Å². The number of rotatable bonds is 4. The Morgan fingerprint density at radius 2 is 1.76 bits per heavy atom. The Morgan fingerprint density at radius 1 is 1.19 bits per heavy atom. The number of esters is 1. The molecule has 0 spiro atoms. The minimum absolute atomic E-state index is 0.0882. The quantitative estimate of drug-likeness (QED) is 0.787. The van der Waals surface area contributed by atoms with Crippen LogP contribution in [0.25, 0.3) is 0 Å². The number of ether oxygens (including phenoxy) is 1. The maximum absolute atomic E-state index is 12.4. The molecule has 0 aromatic rings. The van der Waals surface area contributed by atoms with Crippen molar-refractivity contribution in [3.8, 4) is 0 Å². The zero-order chi connectivity index (χ0) is 15.8. The molecule has 0 radical (unpaired) electrons. The number of carboxylic acid groups (broad SMARTS) is 1. The van der Waals surface area contributed by atoms with Gasteiger partial charge in [-0.25, -0.2) is 0 Å². The van der Waals surface area contributed by atoms with Crippen LogP contribution in [-0.4, -0.2) is 47.5 Å². The molecule has 6 nitrogen and oxygen atoms in total. The molecular formula is C15H23NO5. The van der Waals surface area contributed by atoms with Gasteiger partial charge in [0.05, 0.1) is 24.4 Å². The third-order valence-corrected chi connectivity index (χ3v) is 4.79. The molecule has 0 aromatic carbocycles. The molecule has 0 bridgehead atoms. The Labute approximate surface area is 124 Å². The average Bonchev–Trinajstić information content (AvgIpc) is 3.01. The van der Waals surface area contributed by atoms with Crippen LogP contribution in [0.1, 0.15) is 33.6 Å². The lowest BCUT2D eigenvalue weighted by molar-refractivity contribution is -0.151. The van der Waals surface area contributed by atoms with Crippen LogP contribution in [-0.2, 0) is 19.1 Å². The SMILES string of the molecule is CCOC(=O)C1CCN(C(=O)[C@H]2[C@@H](C(=O)O)C2(C)C)CC1. The summed E-state index contributed by atoms with van der Waals surface area (Å²) in [6, 6.07) is 0. The first kappa shape index (κ1) is 15.8. The average molecular weight is 297 g/mol. The summed E-state index contributed by atoms with van der Waals surface area (Å²) < 4.78 is 5.00. The van der Waals surface area contributed by atoms with E-state index in [1.807, 2.05) is 13.8 Å². The highest BCUT2D eigenvalue weighted by Crippen LogP contribution is 2.59. The summed E-state index contributed by atoms with van der Waals surface area (Å²) >= 11 is 0. The van der Waals surface area contributed by atoms with Crippen LogP contribution in [0, 0.1) is 23.2 Å². The second-order valence-electron chi connectivity index (χ2n) is 6.47. The van der Waals surface area contributed by atoms with Crippen molar-refractivity contribution in [2.45, 2.75) is 33.6 Å². The van der Waals surface area contributed by atoms with Crippen molar-refractivity contribution in [2.75, 3.05) is 19.7 Å². The van der Waals surface area contributed by atoms with Gasteiger partial charge >= 0.3 is 11.9 Å². The highest BCUT2D eigenvalue weighted by Gasteiger charge is 2.66. The normalized spacial score (nSPS) is 28.0. The van der Waals surface area contributed by atoms with Crippen molar-refractivity contribution >= 4 is 17.8 Å². The number of aliphatic carboxylic acids is 1. The minimum atomic E-state index is -0.903. The van der Waals surface area contributed by atoms with E-state index in [1.165, 1.54) is 0 Å². The number of hydrogen-bond donors (Lipinski definition) is 1. The number of likely N-dealkylation sites (tertiary alicyclic amines) is 1. The Morgan fingerprint density at radius 3 is 2.19 bits per heavy atom. The van der Waals surface area contributed by atoms with E-state index in [2.05, 4.69) is 0 Å². The molecular weight excluding hydrogens is 274 g/mol.